The van der Waals surface area contributed by atoms with Crippen LogP contribution < -0.4 is 10.6 Å². The zero-order valence-electron chi connectivity index (χ0n) is 11.7. The number of hydrogen-bond acceptors (Lipinski definition) is 2. The summed E-state index contributed by atoms with van der Waals surface area (Å²) in [6, 6.07) is 3.64. The minimum absolute atomic E-state index is 0.0442. The highest BCUT2D eigenvalue weighted by atomic mass is 16.2. The zero-order chi connectivity index (χ0) is 13.4. The van der Waals surface area contributed by atoms with Crippen molar-refractivity contribution in [3.8, 4) is 0 Å². The second-order valence-electron chi connectivity index (χ2n) is 5.40. The number of nitrogens with two attached hydrogens (primary N) is 1. The highest BCUT2D eigenvalue weighted by Gasteiger charge is 2.37. The molecule has 2 rings (SSSR count). The fourth-order valence-electron chi connectivity index (χ4n) is 2.59. The molecule has 0 spiro atoms. The molecule has 2 atom stereocenters. The van der Waals surface area contributed by atoms with E-state index in [1.165, 1.54) is 0 Å². The number of fused-ring (bicyclic) bond motifs is 1. The molecule has 0 bridgehead atoms. The third-order valence-corrected chi connectivity index (χ3v) is 3.94. The Hall–Kier alpha value is -1.35. The normalized spacial score (nSPS) is 20.2. The Bertz CT molecular complexity index is 482. The van der Waals surface area contributed by atoms with E-state index in [9.17, 15) is 4.79 Å². The quantitative estimate of drug-likeness (QED) is 0.891. The van der Waals surface area contributed by atoms with E-state index in [0.29, 0.717) is 5.92 Å². The first-order chi connectivity index (χ1) is 8.47. The van der Waals surface area contributed by atoms with Gasteiger partial charge in [0.1, 0.15) is 6.04 Å². The van der Waals surface area contributed by atoms with E-state index >= 15 is 0 Å². The maximum absolute atomic E-state index is 12.3. The molecule has 1 aromatic carbocycles. The van der Waals surface area contributed by atoms with Crippen molar-refractivity contribution in [1.29, 1.82) is 0 Å². The van der Waals surface area contributed by atoms with Crippen LogP contribution in [0.1, 0.15) is 43.0 Å². The van der Waals surface area contributed by atoms with Crippen LogP contribution in [0.15, 0.2) is 12.1 Å². The molecule has 0 aliphatic carbocycles. The van der Waals surface area contributed by atoms with Gasteiger partial charge in [-0.25, -0.2) is 0 Å². The van der Waals surface area contributed by atoms with Crippen molar-refractivity contribution in [1.82, 2.24) is 0 Å². The predicted molar refractivity (Wildman–Crippen MR) is 74.7 cm³/mol. The number of nitrogens with zero attached hydrogens (tertiary/aromatic N) is 1. The van der Waals surface area contributed by atoms with Crippen LogP contribution in [0.3, 0.4) is 0 Å². The minimum atomic E-state index is -0.482. The van der Waals surface area contributed by atoms with Crippen LogP contribution in [0.25, 0.3) is 0 Å². The molecule has 1 heterocycles. The van der Waals surface area contributed by atoms with E-state index in [0.717, 1.165) is 35.3 Å². The van der Waals surface area contributed by atoms with Crippen LogP contribution in [-0.2, 0) is 4.79 Å². The first-order valence-electron chi connectivity index (χ1n) is 6.64. The molecule has 2 unspecified atom stereocenters. The van der Waals surface area contributed by atoms with E-state index in [1.54, 1.807) is 0 Å². The highest BCUT2D eigenvalue weighted by molar-refractivity contribution is 6.05. The summed E-state index contributed by atoms with van der Waals surface area (Å²) in [6.45, 7) is 9.16. The van der Waals surface area contributed by atoms with Crippen molar-refractivity contribution in [3.05, 3.63) is 28.8 Å². The van der Waals surface area contributed by atoms with E-state index in [4.69, 9.17) is 5.73 Å². The first kappa shape index (κ1) is 13.1. The average molecular weight is 246 g/mol. The lowest BCUT2D eigenvalue weighted by molar-refractivity contribution is -0.119. The molecule has 98 valence electrons. The molecule has 0 saturated carbocycles. The van der Waals surface area contributed by atoms with Gasteiger partial charge in [0.2, 0.25) is 5.91 Å². The minimum Gasteiger partial charge on any atom is -0.316 e. The summed E-state index contributed by atoms with van der Waals surface area (Å²) in [7, 11) is 0. The fraction of sp³-hybridized carbons (Fsp3) is 0.533. The number of hydrogen-bond donors (Lipinski definition) is 1. The Labute approximate surface area is 109 Å². The molecule has 1 aliphatic heterocycles. The Kier molecular flexibility index (Phi) is 3.44. The lowest BCUT2D eigenvalue weighted by Crippen LogP contribution is -2.35. The number of carbonyl (C=O) groups excluding carboxylic acids is 1. The molecule has 3 nitrogen and oxygen atoms in total. The van der Waals surface area contributed by atoms with Crippen LogP contribution in [-0.4, -0.2) is 12.5 Å². The van der Waals surface area contributed by atoms with Crippen LogP contribution in [0.5, 0.6) is 0 Å². The molecule has 0 aromatic heterocycles. The molecule has 0 fully saturated rings. The number of aryl methyl sites for hydroxylation is 2. The predicted octanol–water partition coefficient (Wildman–Crippen LogP) is 2.70. The summed E-state index contributed by atoms with van der Waals surface area (Å²) >= 11 is 0. The molecule has 2 N–H and O–H groups in total. The van der Waals surface area contributed by atoms with Gasteiger partial charge in [-0.2, -0.15) is 0 Å². The lowest BCUT2D eigenvalue weighted by Gasteiger charge is -2.23. The van der Waals surface area contributed by atoms with E-state index < -0.39 is 6.04 Å². The third kappa shape index (κ3) is 1.93. The summed E-state index contributed by atoms with van der Waals surface area (Å²) < 4.78 is 0. The first-order valence-corrected chi connectivity index (χ1v) is 6.64. The van der Waals surface area contributed by atoms with E-state index in [2.05, 4.69) is 19.9 Å². The van der Waals surface area contributed by atoms with Crippen molar-refractivity contribution < 1.29 is 4.79 Å². The Morgan fingerprint density at radius 2 is 1.94 bits per heavy atom. The number of rotatable bonds is 3. The number of carbonyl (C=O) groups is 1. The van der Waals surface area contributed by atoms with Crippen LogP contribution >= 0.6 is 0 Å². The average Bonchev–Trinajstić information content (AvgIpc) is 2.60. The second kappa shape index (κ2) is 4.73. The van der Waals surface area contributed by atoms with Crippen molar-refractivity contribution in [3.63, 3.8) is 0 Å². The SMILES string of the molecule is CCC(C)CN1C(=O)C(N)c2c(C)ccc(C)c21. The van der Waals surface area contributed by atoms with Crippen molar-refractivity contribution in [2.75, 3.05) is 11.4 Å². The lowest BCUT2D eigenvalue weighted by atomic mass is 10.00. The van der Waals surface area contributed by atoms with Gasteiger partial charge in [-0.15, -0.1) is 0 Å². The van der Waals surface area contributed by atoms with Gasteiger partial charge in [0.25, 0.3) is 0 Å². The summed E-state index contributed by atoms with van der Waals surface area (Å²) in [5, 5.41) is 0. The molecule has 0 saturated heterocycles. The van der Waals surface area contributed by atoms with Crippen LogP contribution in [0.4, 0.5) is 5.69 Å². The van der Waals surface area contributed by atoms with Gasteiger partial charge in [0.05, 0.1) is 5.69 Å². The molecule has 1 aromatic rings. The number of amides is 1. The summed E-state index contributed by atoms with van der Waals surface area (Å²) in [5.74, 6) is 0.537. The van der Waals surface area contributed by atoms with Crippen LogP contribution in [0, 0.1) is 19.8 Å². The van der Waals surface area contributed by atoms with Crippen LogP contribution in [0.2, 0.25) is 0 Å². The second-order valence-corrected chi connectivity index (χ2v) is 5.40. The smallest absolute Gasteiger partial charge is 0.248 e. The van der Waals surface area contributed by atoms with Gasteiger partial charge >= 0.3 is 0 Å². The fourth-order valence-corrected chi connectivity index (χ4v) is 2.59. The highest BCUT2D eigenvalue weighted by Crippen LogP contribution is 2.39. The summed E-state index contributed by atoms with van der Waals surface area (Å²) in [4.78, 5) is 14.2. The van der Waals surface area contributed by atoms with Crippen molar-refractivity contribution in [2.45, 2.75) is 40.2 Å². The van der Waals surface area contributed by atoms with Gasteiger partial charge in [0, 0.05) is 12.1 Å². The maximum Gasteiger partial charge on any atom is 0.248 e. The van der Waals surface area contributed by atoms with Gasteiger partial charge in [-0.3, -0.25) is 4.79 Å². The Morgan fingerprint density at radius 1 is 1.33 bits per heavy atom. The van der Waals surface area contributed by atoms with E-state index in [-0.39, 0.29) is 5.91 Å². The van der Waals surface area contributed by atoms with Gasteiger partial charge in [-0.05, 0) is 30.9 Å². The number of benzene rings is 1. The molecule has 0 radical (unpaired) electrons. The van der Waals surface area contributed by atoms with Gasteiger partial charge < -0.3 is 10.6 Å². The summed E-state index contributed by atoms with van der Waals surface area (Å²) in [6.07, 6.45) is 1.07. The van der Waals surface area contributed by atoms with Crippen molar-refractivity contribution >= 4 is 11.6 Å². The third-order valence-electron chi connectivity index (χ3n) is 3.94. The molecule has 3 heteroatoms. The van der Waals surface area contributed by atoms with Crippen molar-refractivity contribution in [2.24, 2.45) is 11.7 Å². The standard InChI is InChI=1S/C15H22N2O/c1-5-9(2)8-17-14-11(4)7-6-10(3)12(14)13(16)15(17)18/h6-7,9,13H,5,8,16H2,1-4H3. The van der Waals surface area contributed by atoms with Gasteiger partial charge in [0.15, 0.2) is 0 Å². The van der Waals surface area contributed by atoms with Gasteiger partial charge in [-0.1, -0.05) is 32.4 Å². The molecular formula is C15H22N2O. The Morgan fingerprint density at radius 3 is 2.56 bits per heavy atom. The molecule has 1 amide bonds. The Balaban J connectivity index is 2.48. The zero-order valence-corrected chi connectivity index (χ0v) is 11.7. The molecule has 18 heavy (non-hydrogen) atoms. The monoisotopic (exact) mass is 246 g/mol. The largest absolute Gasteiger partial charge is 0.316 e. The molecular weight excluding hydrogens is 224 g/mol. The number of anilines is 1. The molecule has 1 aliphatic rings. The topological polar surface area (TPSA) is 46.3 Å². The maximum atomic E-state index is 12.3. The van der Waals surface area contributed by atoms with E-state index in [1.807, 2.05) is 24.8 Å². The summed E-state index contributed by atoms with van der Waals surface area (Å²) in [5.41, 5.74) is 10.4.